The highest BCUT2D eigenvalue weighted by atomic mass is 19.1. The quantitative estimate of drug-likeness (QED) is 0.159. The number of Topliss-reactive ketones (excluding diaryl/α,β-unsaturated/α-hetero) is 4. The zero-order valence-electron chi connectivity index (χ0n) is 61.6. The van der Waals surface area contributed by atoms with Crippen molar-refractivity contribution in [2.45, 2.75) is 33.6 Å². The van der Waals surface area contributed by atoms with Gasteiger partial charge in [0.1, 0.15) is 57.2 Å². The summed E-state index contributed by atoms with van der Waals surface area (Å²) in [6.45, 7) is 15.6. The molecule has 0 radical (unpaired) electrons. The molecule has 0 spiro atoms. The molecule has 0 aromatic heterocycles. The Balaban J connectivity index is 0.000000110. The van der Waals surface area contributed by atoms with Crippen molar-refractivity contribution in [3.8, 4) is 5.75 Å². The molecule has 19 nitrogen and oxygen atoms in total. The third-order valence-corrected chi connectivity index (χ3v) is 21.1. The normalized spacial score (nSPS) is 18.2. The number of allylic oxidation sites excluding steroid dienone is 8. The molecule has 8 aromatic rings. The van der Waals surface area contributed by atoms with Gasteiger partial charge in [0, 0.05) is 136 Å². The maximum Gasteiger partial charge on any atom is 0.226 e. The summed E-state index contributed by atoms with van der Waals surface area (Å²) in [5.74, 6) is 2.37. The largest absolute Gasteiger partial charge is 0.497 e. The van der Waals surface area contributed by atoms with E-state index in [1.54, 1.807) is 29.2 Å². The number of likely N-dealkylation sites (N-methyl/N-ethyl adjacent to an activating group) is 2. The van der Waals surface area contributed by atoms with E-state index in [0.717, 1.165) is 145 Å². The molecule has 4 aliphatic carbocycles. The van der Waals surface area contributed by atoms with Gasteiger partial charge in [0.2, 0.25) is 23.8 Å². The highest BCUT2D eigenvalue weighted by molar-refractivity contribution is 6.46. The number of aryl methyl sites for hydroxylation is 3. The molecule has 538 valence electrons. The Morgan fingerprint density at radius 3 is 1.06 bits per heavy atom. The maximum atomic E-state index is 14.7. The average Bonchev–Trinajstić information content (AvgIpc) is 1.59. The van der Waals surface area contributed by atoms with Crippen LogP contribution in [0, 0.1) is 26.6 Å². The lowest BCUT2D eigenvalue weighted by Gasteiger charge is -2.32. The van der Waals surface area contributed by atoms with E-state index in [0.29, 0.717) is 79.0 Å². The molecule has 0 amide bonds. The van der Waals surface area contributed by atoms with Gasteiger partial charge in [-0.1, -0.05) is 181 Å². The predicted molar refractivity (Wildman–Crippen MR) is 426 cm³/mol. The van der Waals surface area contributed by atoms with Crippen molar-refractivity contribution < 1.29 is 28.3 Å². The molecule has 3 fully saturated rings. The molecular formula is C88H79FN14O5. The van der Waals surface area contributed by atoms with Gasteiger partial charge in [-0.25, -0.2) is 44.3 Å². The number of carbonyl (C=O) groups excluding carboxylic acids is 4. The number of guanidine groups is 4. The van der Waals surface area contributed by atoms with Crippen molar-refractivity contribution >= 4 is 92.1 Å². The molecule has 7 heterocycles. The third kappa shape index (κ3) is 13.0. The SMILES string of the molecule is COc1ccc(C2=C3N=C(N(C)C)N=C3c3ccccc3C2=O)c(F)c1.Cc1ccc(C2=C3N=C(N4CCCC4)N=C3c3ccccc3C2=O)cc1.Cc1ccc(C2=C3N=C(N4CCN(C)CC4)N=C3c3ccccc3C2=O)cc1.Cc1ccccc1C1=C2N=C(N3CCN(C)CC3)N=C2c2ccccc2C1=O. The van der Waals surface area contributed by atoms with Gasteiger partial charge in [-0.2, -0.15) is 0 Å². The zero-order valence-corrected chi connectivity index (χ0v) is 61.6. The minimum absolute atomic E-state index is 0.0248. The highest BCUT2D eigenvalue weighted by Crippen LogP contribution is 2.42. The van der Waals surface area contributed by atoms with Crippen LogP contribution in [-0.4, -0.2) is 200 Å². The minimum atomic E-state index is -0.535. The predicted octanol–water partition coefficient (Wildman–Crippen LogP) is 13.0. The molecule has 20 heteroatoms. The van der Waals surface area contributed by atoms with Crippen LogP contribution in [0.4, 0.5) is 4.39 Å². The minimum Gasteiger partial charge on any atom is -0.497 e. The number of nitrogens with zero attached hydrogens (tertiary/aromatic N) is 14. The lowest BCUT2D eigenvalue weighted by atomic mass is 9.83. The number of benzene rings is 8. The Kier molecular flexibility index (Phi) is 18.9. The van der Waals surface area contributed by atoms with Crippen molar-refractivity contribution in [2.24, 2.45) is 39.9 Å². The Bertz CT molecular complexity index is 5530. The standard InChI is InChI=1S/2C23H22N4O.C22H19N3O.C20H16FN3O2/c1-15-7-3-4-8-16(15)19-21-20(17-9-5-6-10-18(17)22(19)28)24-23(25-21)27-13-11-26(2)12-14-27;1-15-7-9-16(10-8-15)19-21-20(17-5-3-4-6-18(17)22(19)28)24-23(25-21)27-13-11-26(2)12-14-27;1-14-8-10-15(11-9-14)18-20-19(16-6-2-3-7-17(16)21(18)26)23-22(24-20)25-12-4-5-13-25;1-24(2)20-22-17-12-6-4-5-7-13(12)19(25)16(18(17)23-20)14-9-8-11(26-3)10-15(14)21/h2*3-10H,11-14H2,1-2H3;2-3,6-11H,4-5,12-13H2,1H3;4-10H,1-3H3. The number of hydrogen-bond acceptors (Lipinski definition) is 19. The summed E-state index contributed by atoms with van der Waals surface area (Å²) in [6, 6.07) is 59.0. The van der Waals surface area contributed by atoms with Crippen LogP contribution in [0.1, 0.15) is 115 Å². The average molecular weight is 1430 g/mol. The molecule has 3 saturated heterocycles. The van der Waals surface area contributed by atoms with Crippen LogP contribution < -0.4 is 4.74 Å². The number of halogens is 1. The maximum absolute atomic E-state index is 14.7. The summed E-state index contributed by atoms with van der Waals surface area (Å²) in [5.41, 5.74) is 20.1. The number of rotatable bonds is 5. The van der Waals surface area contributed by atoms with Gasteiger partial charge in [-0.3, -0.25) is 19.2 Å². The number of ether oxygens (including phenoxy) is 1. The molecule has 8 aromatic carbocycles. The molecule has 11 aliphatic rings. The van der Waals surface area contributed by atoms with E-state index in [1.807, 2.05) is 193 Å². The molecule has 0 unspecified atom stereocenters. The van der Waals surface area contributed by atoms with Gasteiger partial charge >= 0.3 is 0 Å². The van der Waals surface area contributed by atoms with E-state index >= 15 is 0 Å². The topological polar surface area (TPSA) is 196 Å². The van der Waals surface area contributed by atoms with E-state index < -0.39 is 5.82 Å². The number of aliphatic imine (C=N–C) groups is 8. The Labute approximate surface area is 626 Å². The summed E-state index contributed by atoms with van der Waals surface area (Å²) in [7, 11) is 9.37. The second kappa shape index (κ2) is 29.2. The number of fused-ring (bicyclic) bond motifs is 12. The second-order valence-electron chi connectivity index (χ2n) is 28.4. The number of methoxy groups -OCH3 is 1. The van der Waals surface area contributed by atoms with Gasteiger partial charge in [-0.15, -0.1) is 0 Å². The van der Waals surface area contributed by atoms with Crippen molar-refractivity contribution in [2.75, 3.05) is 101 Å². The number of likely N-dealkylation sites (tertiary alicyclic amines) is 1. The van der Waals surface area contributed by atoms with Gasteiger partial charge in [0.05, 0.1) is 29.4 Å². The van der Waals surface area contributed by atoms with Gasteiger partial charge < -0.3 is 34.1 Å². The van der Waals surface area contributed by atoms with E-state index in [1.165, 1.54) is 37.1 Å². The molecular weight excluding hydrogens is 1350 g/mol. The van der Waals surface area contributed by atoms with E-state index in [-0.39, 0.29) is 34.3 Å². The first-order chi connectivity index (χ1) is 52.5. The zero-order chi connectivity index (χ0) is 74.6. The first kappa shape index (κ1) is 70.0. The third-order valence-electron chi connectivity index (χ3n) is 21.1. The van der Waals surface area contributed by atoms with Crippen LogP contribution in [0.25, 0.3) is 22.3 Å². The van der Waals surface area contributed by atoms with E-state index in [9.17, 15) is 23.6 Å². The van der Waals surface area contributed by atoms with Crippen molar-refractivity contribution in [3.63, 3.8) is 0 Å². The molecule has 0 saturated carbocycles. The Morgan fingerprint density at radius 1 is 0.352 bits per heavy atom. The fourth-order valence-electron chi connectivity index (χ4n) is 15.0. The number of ketones is 4. The molecule has 19 rings (SSSR count). The lowest BCUT2D eigenvalue weighted by molar-refractivity contribution is 0.104. The monoisotopic (exact) mass is 1430 g/mol. The summed E-state index contributed by atoms with van der Waals surface area (Å²) in [6.07, 6.45) is 2.34. The van der Waals surface area contributed by atoms with Crippen LogP contribution in [0.2, 0.25) is 0 Å². The second-order valence-corrected chi connectivity index (χ2v) is 28.4. The van der Waals surface area contributed by atoms with Crippen LogP contribution in [0.5, 0.6) is 5.75 Å². The number of carbonyl (C=O) groups is 4. The van der Waals surface area contributed by atoms with Crippen molar-refractivity contribution in [1.82, 2.24) is 29.4 Å². The molecule has 0 atom stereocenters. The number of piperazine rings is 2. The molecule has 0 N–H and O–H groups in total. The summed E-state index contributed by atoms with van der Waals surface area (Å²) < 4.78 is 19.8. The van der Waals surface area contributed by atoms with Crippen LogP contribution >= 0.6 is 0 Å². The first-order valence-electron chi connectivity index (χ1n) is 36.6. The fraction of sp³-hybridized carbons (Fsp3) is 0.227. The van der Waals surface area contributed by atoms with Crippen LogP contribution in [0.3, 0.4) is 0 Å². The highest BCUT2D eigenvalue weighted by Gasteiger charge is 2.41. The van der Waals surface area contributed by atoms with Crippen molar-refractivity contribution in [3.05, 3.63) is 300 Å². The lowest BCUT2D eigenvalue weighted by Crippen LogP contribution is -2.46. The van der Waals surface area contributed by atoms with Gasteiger partial charge in [-0.05, 0) is 82.1 Å². The van der Waals surface area contributed by atoms with E-state index in [4.69, 9.17) is 34.7 Å². The first-order valence-corrected chi connectivity index (χ1v) is 36.6. The van der Waals surface area contributed by atoms with Gasteiger partial charge in [0.25, 0.3) is 0 Å². The van der Waals surface area contributed by atoms with Crippen molar-refractivity contribution in [1.29, 1.82) is 0 Å². The molecule has 108 heavy (non-hydrogen) atoms. The Morgan fingerprint density at radius 2 is 0.685 bits per heavy atom. The fourth-order valence-corrected chi connectivity index (χ4v) is 15.0. The molecule has 0 bridgehead atoms. The number of hydrogen-bond donors (Lipinski definition) is 0. The van der Waals surface area contributed by atoms with Gasteiger partial charge in [0.15, 0.2) is 23.1 Å². The summed E-state index contributed by atoms with van der Waals surface area (Å²) in [5, 5.41) is 0. The van der Waals surface area contributed by atoms with E-state index in [2.05, 4.69) is 48.6 Å². The smallest absolute Gasteiger partial charge is 0.226 e. The Hall–Kier alpha value is -12.4. The van der Waals surface area contributed by atoms with Crippen LogP contribution in [-0.2, 0) is 0 Å². The molecule has 7 aliphatic heterocycles. The summed E-state index contributed by atoms with van der Waals surface area (Å²) in [4.78, 5) is 105. The van der Waals surface area contributed by atoms with Crippen LogP contribution in [0.15, 0.2) is 251 Å². The summed E-state index contributed by atoms with van der Waals surface area (Å²) >= 11 is 0.